The van der Waals surface area contributed by atoms with E-state index >= 15 is 0 Å². The number of urea groups is 1. The number of aliphatic carboxylic acids is 1. The molecule has 5 nitrogen and oxygen atoms in total. The fraction of sp³-hybridized carbons (Fsp3) is 0.867. The second-order valence-electron chi connectivity index (χ2n) is 5.08. The number of amides is 2. The fourth-order valence-electron chi connectivity index (χ4n) is 1.94. The van der Waals surface area contributed by atoms with Crippen molar-refractivity contribution in [2.24, 2.45) is 11.5 Å². The number of hydrogen-bond donors (Lipinski definition) is 3. The Balaban J connectivity index is 0. The Kier molecular flexibility index (Phi) is 18.7. The zero-order valence-corrected chi connectivity index (χ0v) is 12.9. The zero-order chi connectivity index (χ0) is 15.6. The van der Waals surface area contributed by atoms with Gasteiger partial charge in [-0.05, 0) is 6.42 Å². The van der Waals surface area contributed by atoms with Crippen molar-refractivity contribution in [1.29, 1.82) is 0 Å². The summed E-state index contributed by atoms with van der Waals surface area (Å²) >= 11 is 0. The molecular formula is C15H32N2O3. The van der Waals surface area contributed by atoms with Crippen molar-refractivity contribution in [2.75, 3.05) is 0 Å². The molecular weight excluding hydrogens is 256 g/mol. The normalized spacial score (nSPS) is 9.65. The Morgan fingerprint density at radius 1 is 0.750 bits per heavy atom. The molecule has 0 spiro atoms. The number of nitrogens with two attached hydrogens (primary N) is 2. The van der Waals surface area contributed by atoms with E-state index in [0.29, 0.717) is 6.42 Å². The first-order valence-corrected chi connectivity index (χ1v) is 7.77. The smallest absolute Gasteiger partial charge is 0.309 e. The van der Waals surface area contributed by atoms with Gasteiger partial charge in [0, 0.05) is 6.42 Å². The third kappa shape index (κ3) is 30.1. The highest BCUT2D eigenvalue weighted by Gasteiger charge is 1.96. The zero-order valence-electron chi connectivity index (χ0n) is 12.9. The number of carbonyl (C=O) groups is 2. The van der Waals surface area contributed by atoms with Crippen LogP contribution in [0.2, 0.25) is 0 Å². The Labute approximate surface area is 123 Å². The predicted octanol–water partition coefficient (Wildman–Crippen LogP) is 3.80. The summed E-state index contributed by atoms with van der Waals surface area (Å²) in [6.07, 6.45) is 14.4. The first-order chi connectivity index (χ1) is 9.50. The van der Waals surface area contributed by atoms with Gasteiger partial charge in [0.25, 0.3) is 0 Å². The average molecular weight is 288 g/mol. The van der Waals surface area contributed by atoms with E-state index < -0.39 is 12.0 Å². The summed E-state index contributed by atoms with van der Waals surface area (Å²) in [6, 6.07) is -0.833. The molecule has 5 heteroatoms. The highest BCUT2D eigenvalue weighted by molar-refractivity contribution is 5.69. The van der Waals surface area contributed by atoms with Crippen LogP contribution in [0.3, 0.4) is 0 Å². The first-order valence-electron chi connectivity index (χ1n) is 7.77. The molecule has 0 aromatic heterocycles. The minimum Gasteiger partial charge on any atom is -0.481 e. The molecule has 120 valence electrons. The third-order valence-corrected chi connectivity index (χ3v) is 2.99. The summed E-state index contributed by atoms with van der Waals surface area (Å²) in [5, 5.41) is 8.46. The Hall–Kier alpha value is -1.26. The number of carbonyl (C=O) groups excluding carboxylic acids is 1. The largest absolute Gasteiger partial charge is 0.481 e. The molecule has 0 bridgehead atoms. The van der Waals surface area contributed by atoms with Gasteiger partial charge in [0.05, 0.1) is 0 Å². The van der Waals surface area contributed by atoms with Gasteiger partial charge in [0.15, 0.2) is 0 Å². The van der Waals surface area contributed by atoms with Crippen LogP contribution >= 0.6 is 0 Å². The van der Waals surface area contributed by atoms with Crippen molar-refractivity contribution >= 4 is 12.0 Å². The van der Waals surface area contributed by atoms with Crippen molar-refractivity contribution in [1.82, 2.24) is 0 Å². The lowest BCUT2D eigenvalue weighted by atomic mass is 10.1. The minimum absolute atomic E-state index is 0.344. The Bertz CT molecular complexity index is 229. The molecule has 0 atom stereocenters. The molecule has 0 fully saturated rings. The molecule has 0 aromatic carbocycles. The molecule has 0 aromatic rings. The molecule has 5 N–H and O–H groups in total. The SMILES string of the molecule is CCCCCCCCCCCCCC(=O)O.NC(N)=O. The van der Waals surface area contributed by atoms with E-state index in [2.05, 4.69) is 18.4 Å². The van der Waals surface area contributed by atoms with Crippen molar-refractivity contribution in [3.8, 4) is 0 Å². The molecule has 0 unspecified atom stereocenters. The Morgan fingerprint density at radius 3 is 1.35 bits per heavy atom. The first kappa shape index (κ1) is 21.0. The van der Waals surface area contributed by atoms with Gasteiger partial charge < -0.3 is 16.6 Å². The fourth-order valence-corrected chi connectivity index (χ4v) is 1.94. The van der Waals surface area contributed by atoms with E-state index in [4.69, 9.17) is 9.90 Å². The average Bonchev–Trinajstić information content (AvgIpc) is 2.35. The molecule has 0 aliphatic rings. The second kappa shape index (κ2) is 17.7. The molecule has 0 rings (SSSR count). The van der Waals surface area contributed by atoms with Crippen LogP contribution in [0, 0.1) is 0 Å². The van der Waals surface area contributed by atoms with Crippen LogP contribution in [0.25, 0.3) is 0 Å². The van der Waals surface area contributed by atoms with Gasteiger partial charge in [-0.15, -0.1) is 0 Å². The number of unbranched alkanes of at least 4 members (excludes halogenated alkanes) is 10. The maximum absolute atomic E-state index is 10.3. The van der Waals surface area contributed by atoms with E-state index in [9.17, 15) is 4.79 Å². The molecule has 0 aliphatic heterocycles. The van der Waals surface area contributed by atoms with Crippen LogP contribution in [0.5, 0.6) is 0 Å². The van der Waals surface area contributed by atoms with Crippen molar-refractivity contribution in [3.05, 3.63) is 0 Å². The number of primary amides is 2. The standard InChI is InChI=1S/C14H28O2.CH4N2O/c1-2-3-4-5-6-7-8-9-10-11-12-13-14(15)16;2-1(3)4/h2-13H2,1H3,(H,15,16);(H4,2,3,4). The lowest BCUT2D eigenvalue weighted by Gasteiger charge is -2.01. The topological polar surface area (TPSA) is 106 Å². The highest BCUT2D eigenvalue weighted by Crippen LogP contribution is 2.11. The summed E-state index contributed by atoms with van der Waals surface area (Å²) in [6.45, 7) is 2.25. The maximum atomic E-state index is 10.3. The predicted molar refractivity (Wildman–Crippen MR) is 82.5 cm³/mol. The maximum Gasteiger partial charge on any atom is 0.309 e. The number of rotatable bonds is 12. The summed E-state index contributed by atoms with van der Waals surface area (Å²) in [4.78, 5) is 19.3. The summed E-state index contributed by atoms with van der Waals surface area (Å²) in [7, 11) is 0. The van der Waals surface area contributed by atoms with Crippen LogP contribution < -0.4 is 11.5 Å². The van der Waals surface area contributed by atoms with Gasteiger partial charge in [-0.2, -0.15) is 0 Å². The van der Waals surface area contributed by atoms with E-state index in [1.807, 2.05) is 0 Å². The quantitative estimate of drug-likeness (QED) is 0.475. The number of carboxylic acid groups (broad SMARTS) is 1. The third-order valence-electron chi connectivity index (χ3n) is 2.99. The lowest BCUT2D eigenvalue weighted by Crippen LogP contribution is -2.18. The van der Waals surface area contributed by atoms with Gasteiger partial charge in [0.1, 0.15) is 0 Å². The summed E-state index contributed by atoms with van der Waals surface area (Å²) in [5.41, 5.74) is 8.50. The van der Waals surface area contributed by atoms with Crippen molar-refractivity contribution in [3.63, 3.8) is 0 Å². The van der Waals surface area contributed by atoms with E-state index in [1.165, 1.54) is 57.8 Å². The molecule has 0 saturated heterocycles. The van der Waals surface area contributed by atoms with E-state index in [0.717, 1.165) is 12.8 Å². The number of carboxylic acids is 1. The van der Waals surface area contributed by atoms with Crippen molar-refractivity contribution < 1.29 is 14.7 Å². The second-order valence-corrected chi connectivity index (χ2v) is 5.08. The van der Waals surface area contributed by atoms with E-state index in [-0.39, 0.29) is 0 Å². The van der Waals surface area contributed by atoms with Gasteiger partial charge in [-0.3, -0.25) is 4.79 Å². The molecule has 2 amide bonds. The van der Waals surface area contributed by atoms with Gasteiger partial charge in [-0.25, -0.2) is 4.79 Å². The van der Waals surface area contributed by atoms with Crippen LogP contribution in [0.4, 0.5) is 4.79 Å². The Morgan fingerprint density at radius 2 is 1.05 bits per heavy atom. The van der Waals surface area contributed by atoms with Crippen LogP contribution in [-0.4, -0.2) is 17.1 Å². The van der Waals surface area contributed by atoms with Gasteiger partial charge >= 0.3 is 12.0 Å². The minimum atomic E-state index is -0.833. The summed E-state index contributed by atoms with van der Waals surface area (Å²) in [5.74, 6) is -0.657. The number of hydrogen-bond acceptors (Lipinski definition) is 2. The monoisotopic (exact) mass is 288 g/mol. The molecule has 0 heterocycles. The molecule has 0 saturated carbocycles. The summed E-state index contributed by atoms with van der Waals surface area (Å²) < 4.78 is 0. The lowest BCUT2D eigenvalue weighted by molar-refractivity contribution is -0.137. The van der Waals surface area contributed by atoms with E-state index in [1.54, 1.807) is 0 Å². The van der Waals surface area contributed by atoms with Gasteiger partial charge in [0.2, 0.25) is 0 Å². The van der Waals surface area contributed by atoms with Crippen LogP contribution in [0.15, 0.2) is 0 Å². The van der Waals surface area contributed by atoms with Gasteiger partial charge in [-0.1, -0.05) is 71.1 Å². The highest BCUT2D eigenvalue weighted by atomic mass is 16.4. The van der Waals surface area contributed by atoms with Crippen molar-refractivity contribution in [2.45, 2.75) is 84.0 Å². The van der Waals surface area contributed by atoms with Crippen LogP contribution in [-0.2, 0) is 4.79 Å². The molecule has 0 aliphatic carbocycles. The molecule has 0 radical (unpaired) electrons. The van der Waals surface area contributed by atoms with Crippen LogP contribution in [0.1, 0.15) is 84.0 Å². The molecule has 20 heavy (non-hydrogen) atoms.